The molecule has 1 aliphatic rings. The molecule has 2 aromatic rings. The minimum Gasteiger partial charge on any atom is -0.481 e. The molecule has 32 heavy (non-hydrogen) atoms. The summed E-state index contributed by atoms with van der Waals surface area (Å²) in [5, 5.41) is 2.66. The minimum atomic E-state index is -0.604. The Balaban J connectivity index is 1.43. The van der Waals surface area contributed by atoms with Crippen LogP contribution < -0.4 is 10.1 Å². The largest absolute Gasteiger partial charge is 0.481 e. The molecule has 1 fully saturated rings. The lowest BCUT2D eigenvalue weighted by atomic mass is 10.0. The molecule has 0 saturated carbocycles. The van der Waals surface area contributed by atoms with Gasteiger partial charge in [-0.15, -0.1) is 0 Å². The van der Waals surface area contributed by atoms with Gasteiger partial charge in [0.25, 0.3) is 11.8 Å². The van der Waals surface area contributed by atoms with Crippen LogP contribution in [-0.2, 0) is 9.59 Å². The van der Waals surface area contributed by atoms with Crippen molar-refractivity contribution in [3.05, 3.63) is 65.7 Å². The summed E-state index contributed by atoms with van der Waals surface area (Å²) in [5.74, 6) is 0.575. The fourth-order valence-electron chi connectivity index (χ4n) is 3.58. The molecular formula is C25H31N3O4. The van der Waals surface area contributed by atoms with Crippen molar-refractivity contribution in [2.45, 2.75) is 32.8 Å². The van der Waals surface area contributed by atoms with Crippen LogP contribution in [0.4, 0.5) is 0 Å². The van der Waals surface area contributed by atoms with Crippen molar-refractivity contribution in [2.24, 2.45) is 0 Å². The molecule has 1 N–H and O–H groups in total. The van der Waals surface area contributed by atoms with E-state index in [4.69, 9.17) is 4.74 Å². The van der Waals surface area contributed by atoms with Crippen molar-refractivity contribution in [2.75, 3.05) is 32.7 Å². The van der Waals surface area contributed by atoms with Gasteiger partial charge in [0.15, 0.2) is 6.10 Å². The summed E-state index contributed by atoms with van der Waals surface area (Å²) in [7, 11) is 0. The van der Waals surface area contributed by atoms with Crippen LogP contribution in [-0.4, -0.2) is 66.3 Å². The molecule has 0 aromatic heterocycles. The summed E-state index contributed by atoms with van der Waals surface area (Å²) in [4.78, 5) is 40.7. The van der Waals surface area contributed by atoms with Crippen LogP contribution in [0.15, 0.2) is 54.6 Å². The first kappa shape index (κ1) is 23.3. The Morgan fingerprint density at radius 1 is 0.875 bits per heavy atom. The normalized spacial score (nSPS) is 14.8. The second-order valence-electron chi connectivity index (χ2n) is 8.24. The van der Waals surface area contributed by atoms with Gasteiger partial charge in [0.05, 0.1) is 6.54 Å². The van der Waals surface area contributed by atoms with E-state index in [1.165, 1.54) is 5.56 Å². The van der Waals surface area contributed by atoms with Crippen LogP contribution >= 0.6 is 0 Å². The maximum Gasteiger partial charge on any atom is 0.263 e. The molecule has 2 aromatic carbocycles. The molecule has 0 aliphatic carbocycles. The van der Waals surface area contributed by atoms with E-state index in [0.717, 1.165) is 0 Å². The van der Waals surface area contributed by atoms with E-state index >= 15 is 0 Å². The summed E-state index contributed by atoms with van der Waals surface area (Å²) < 4.78 is 5.83. The van der Waals surface area contributed by atoms with Gasteiger partial charge in [-0.05, 0) is 42.7 Å². The third-order valence-electron chi connectivity index (χ3n) is 5.59. The average Bonchev–Trinajstić information content (AvgIpc) is 2.82. The highest BCUT2D eigenvalue weighted by molar-refractivity contribution is 5.96. The zero-order valence-corrected chi connectivity index (χ0v) is 18.9. The molecule has 7 heteroatoms. The smallest absolute Gasteiger partial charge is 0.263 e. The molecular weight excluding hydrogens is 406 g/mol. The summed E-state index contributed by atoms with van der Waals surface area (Å²) in [6, 6.07) is 16.6. The zero-order chi connectivity index (χ0) is 23.1. The standard InChI is InChI=1S/C25H31N3O4/c1-18(2)20-9-11-22(12-10-20)32-19(3)25(31)28-15-13-27(14-16-28)23(29)17-26-24(30)21-7-5-4-6-8-21/h4-12,18-19H,13-17H2,1-3H3,(H,26,30). The van der Waals surface area contributed by atoms with Crippen molar-refractivity contribution in [3.63, 3.8) is 0 Å². The highest BCUT2D eigenvalue weighted by Gasteiger charge is 2.28. The molecule has 3 rings (SSSR count). The van der Waals surface area contributed by atoms with Gasteiger partial charge in [0.1, 0.15) is 5.75 Å². The fraction of sp³-hybridized carbons (Fsp3) is 0.400. The maximum atomic E-state index is 12.8. The van der Waals surface area contributed by atoms with Crippen LogP contribution in [0.1, 0.15) is 42.6 Å². The number of carbonyl (C=O) groups excluding carboxylic acids is 3. The molecule has 1 atom stereocenters. The molecule has 0 bridgehead atoms. The van der Waals surface area contributed by atoms with Crippen molar-refractivity contribution in [1.29, 1.82) is 0 Å². The number of nitrogens with zero attached hydrogens (tertiary/aromatic N) is 2. The molecule has 170 valence electrons. The third-order valence-corrected chi connectivity index (χ3v) is 5.59. The molecule has 1 saturated heterocycles. The Hall–Kier alpha value is -3.35. The SMILES string of the molecule is CC(Oc1ccc(C(C)C)cc1)C(=O)N1CCN(C(=O)CNC(=O)c2ccccc2)CC1. The second-order valence-corrected chi connectivity index (χ2v) is 8.24. The zero-order valence-electron chi connectivity index (χ0n) is 18.9. The Morgan fingerprint density at radius 2 is 1.47 bits per heavy atom. The molecule has 1 aliphatic heterocycles. The van der Waals surface area contributed by atoms with Crippen molar-refractivity contribution in [1.82, 2.24) is 15.1 Å². The van der Waals surface area contributed by atoms with Crippen LogP contribution in [0, 0.1) is 0 Å². The number of carbonyl (C=O) groups is 3. The van der Waals surface area contributed by atoms with E-state index in [0.29, 0.717) is 43.4 Å². The Kier molecular flexibility index (Phi) is 7.87. The molecule has 1 heterocycles. The fourth-order valence-corrected chi connectivity index (χ4v) is 3.58. The highest BCUT2D eigenvalue weighted by atomic mass is 16.5. The van der Waals surface area contributed by atoms with Crippen LogP contribution in [0.3, 0.4) is 0 Å². The van der Waals surface area contributed by atoms with Gasteiger partial charge in [0, 0.05) is 31.7 Å². The number of hydrogen-bond donors (Lipinski definition) is 1. The van der Waals surface area contributed by atoms with E-state index in [2.05, 4.69) is 19.2 Å². The number of hydrogen-bond acceptors (Lipinski definition) is 4. The van der Waals surface area contributed by atoms with Gasteiger partial charge in [0.2, 0.25) is 5.91 Å². The number of ether oxygens (including phenoxy) is 1. The summed E-state index contributed by atoms with van der Waals surface area (Å²) in [6.07, 6.45) is -0.604. The number of nitrogens with one attached hydrogen (secondary N) is 1. The summed E-state index contributed by atoms with van der Waals surface area (Å²) >= 11 is 0. The Bertz CT molecular complexity index is 920. The maximum absolute atomic E-state index is 12.8. The van der Waals surface area contributed by atoms with E-state index in [9.17, 15) is 14.4 Å². The molecule has 7 nitrogen and oxygen atoms in total. The first-order chi connectivity index (χ1) is 15.3. The molecule has 0 spiro atoms. The van der Waals surface area contributed by atoms with E-state index in [1.807, 2.05) is 30.3 Å². The van der Waals surface area contributed by atoms with Gasteiger partial charge in [-0.25, -0.2) is 0 Å². The van der Waals surface area contributed by atoms with E-state index < -0.39 is 6.10 Å². The van der Waals surface area contributed by atoms with Crippen molar-refractivity contribution >= 4 is 17.7 Å². The van der Waals surface area contributed by atoms with Crippen LogP contribution in [0.2, 0.25) is 0 Å². The minimum absolute atomic E-state index is 0.0619. The second kappa shape index (κ2) is 10.8. The van der Waals surface area contributed by atoms with Crippen molar-refractivity contribution in [3.8, 4) is 5.75 Å². The number of amides is 3. The van der Waals surface area contributed by atoms with Gasteiger partial charge >= 0.3 is 0 Å². The quantitative estimate of drug-likeness (QED) is 0.722. The predicted octanol–water partition coefficient (Wildman–Crippen LogP) is 2.68. The first-order valence-electron chi connectivity index (χ1n) is 11.0. The van der Waals surface area contributed by atoms with Gasteiger partial charge in [-0.1, -0.05) is 44.2 Å². The lowest BCUT2D eigenvalue weighted by molar-refractivity contribution is -0.143. The van der Waals surface area contributed by atoms with Gasteiger partial charge in [-0.3, -0.25) is 14.4 Å². The average molecular weight is 438 g/mol. The van der Waals surface area contributed by atoms with E-state index in [-0.39, 0.29) is 24.3 Å². The molecule has 0 radical (unpaired) electrons. The lowest BCUT2D eigenvalue weighted by Crippen LogP contribution is -2.54. The lowest BCUT2D eigenvalue weighted by Gasteiger charge is -2.36. The highest BCUT2D eigenvalue weighted by Crippen LogP contribution is 2.20. The number of piperazine rings is 1. The first-order valence-corrected chi connectivity index (χ1v) is 11.0. The summed E-state index contributed by atoms with van der Waals surface area (Å²) in [6.45, 7) is 7.69. The van der Waals surface area contributed by atoms with Gasteiger partial charge < -0.3 is 19.9 Å². The number of benzene rings is 2. The molecule has 1 unspecified atom stereocenters. The Labute approximate surface area is 189 Å². The number of rotatable bonds is 7. The van der Waals surface area contributed by atoms with E-state index in [1.54, 1.807) is 41.0 Å². The third kappa shape index (κ3) is 6.09. The Morgan fingerprint density at radius 3 is 2.06 bits per heavy atom. The monoisotopic (exact) mass is 437 g/mol. The topological polar surface area (TPSA) is 79.0 Å². The van der Waals surface area contributed by atoms with Gasteiger partial charge in [-0.2, -0.15) is 0 Å². The summed E-state index contributed by atoms with van der Waals surface area (Å²) in [5.41, 5.74) is 1.74. The molecule has 3 amide bonds. The van der Waals surface area contributed by atoms with Crippen molar-refractivity contribution < 1.29 is 19.1 Å². The van der Waals surface area contributed by atoms with Crippen LogP contribution in [0.5, 0.6) is 5.75 Å². The predicted molar refractivity (Wildman–Crippen MR) is 123 cm³/mol. The van der Waals surface area contributed by atoms with Crippen LogP contribution in [0.25, 0.3) is 0 Å².